The van der Waals surface area contributed by atoms with Gasteiger partial charge in [-0.1, -0.05) is 5.16 Å². The zero-order valence-electron chi connectivity index (χ0n) is 18.3. The summed E-state index contributed by atoms with van der Waals surface area (Å²) in [5, 5.41) is 3.97. The number of ether oxygens (including phenoxy) is 2. The lowest BCUT2D eigenvalue weighted by atomic mass is 10.1. The van der Waals surface area contributed by atoms with E-state index in [9.17, 15) is 14.4 Å². The number of imidazole rings is 1. The van der Waals surface area contributed by atoms with E-state index >= 15 is 0 Å². The van der Waals surface area contributed by atoms with Gasteiger partial charge in [0.05, 0.1) is 6.33 Å². The van der Waals surface area contributed by atoms with Crippen LogP contribution < -0.4 is 16.0 Å². The minimum absolute atomic E-state index is 0.0868. The van der Waals surface area contributed by atoms with E-state index in [-0.39, 0.29) is 30.4 Å². The van der Waals surface area contributed by atoms with Gasteiger partial charge in [-0.15, -0.1) is 0 Å². The van der Waals surface area contributed by atoms with Crippen LogP contribution in [0.15, 0.2) is 44.7 Å². The summed E-state index contributed by atoms with van der Waals surface area (Å²) >= 11 is 0. The first kappa shape index (κ1) is 20.7. The number of aromatic nitrogens is 5. The number of hydrogen-bond donors (Lipinski definition) is 0. The monoisotopic (exact) mass is 451 g/mol. The van der Waals surface area contributed by atoms with Crippen LogP contribution in [0.2, 0.25) is 0 Å². The fraction of sp³-hybridized carbons (Fsp3) is 0.318. The summed E-state index contributed by atoms with van der Waals surface area (Å²) in [5.74, 6) is 0.855. The van der Waals surface area contributed by atoms with Crippen LogP contribution in [0.5, 0.6) is 5.75 Å². The fourth-order valence-electron chi connectivity index (χ4n) is 3.95. The SMILES string of the molecule is CC1Cc2cc(-c3cc(COC(=O)Cn4cnc5c4c(=O)n(C)c(=O)n5C)no3)ccc2O1. The molecule has 0 spiro atoms. The highest BCUT2D eigenvalue weighted by Crippen LogP contribution is 2.33. The van der Waals surface area contributed by atoms with Crippen LogP contribution >= 0.6 is 0 Å². The second-order valence-corrected chi connectivity index (χ2v) is 8.05. The van der Waals surface area contributed by atoms with E-state index in [0.29, 0.717) is 11.5 Å². The minimum atomic E-state index is -0.585. The van der Waals surface area contributed by atoms with E-state index in [4.69, 9.17) is 14.0 Å². The Morgan fingerprint density at radius 3 is 2.85 bits per heavy atom. The fourth-order valence-corrected chi connectivity index (χ4v) is 3.95. The Labute approximate surface area is 186 Å². The van der Waals surface area contributed by atoms with Gasteiger partial charge in [0.1, 0.15) is 30.7 Å². The molecule has 11 nitrogen and oxygen atoms in total. The van der Waals surface area contributed by atoms with Gasteiger partial charge in [-0.2, -0.15) is 0 Å². The predicted molar refractivity (Wildman–Crippen MR) is 116 cm³/mol. The van der Waals surface area contributed by atoms with Gasteiger partial charge < -0.3 is 18.6 Å². The van der Waals surface area contributed by atoms with Crippen molar-refractivity contribution >= 4 is 17.1 Å². The molecule has 1 aliphatic rings. The van der Waals surface area contributed by atoms with E-state index < -0.39 is 17.2 Å². The molecule has 0 fully saturated rings. The van der Waals surface area contributed by atoms with Crippen molar-refractivity contribution in [3.05, 3.63) is 62.7 Å². The van der Waals surface area contributed by atoms with Crippen LogP contribution in [0.4, 0.5) is 0 Å². The third-order valence-corrected chi connectivity index (χ3v) is 5.64. The first-order valence-electron chi connectivity index (χ1n) is 10.3. The quantitative estimate of drug-likeness (QED) is 0.414. The molecule has 11 heteroatoms. The molecule has 0 aliphatic carbocycles. The van der Waals surface area contributed by atoms with Gasteiger partial charge in [0.25, 0.3) is 5.56 Å². The molecular weight excluding hydrogens is 430 g/mol. The van der Waals surface area contributed by atoms with Crippen molar-refractivity contribution in [2.24, 2.45) is 14.1 Å². The lowest BCUT2D eigenvalue weighted by Gasteiger charge is -2.06. The van der Waals surface area contributed by atoms with Crippen LogP contribution in [0.25, 0.3) is 22.5 Å². The highest BCUT2D eigenvalue weighted by Gasteiger charge is 2.21. The number of rotatable bonds is 5. The lowest BCUT2D eigenvalue weighted by molar-refractivity contribution is -0.145. The Morgan fingerprint density at radius 2 is 2.03 bits per heavy atom. The highest BCUT2D eigenvalue weighted by molar-refractivity contribution is 5.75. The zero-order chi connectivity index (χ0) is 23.3. The molecule has 3 aromatic heterocycles. The second kappa shape index (κ2) is 7.76. The van der Waals surface area contributed by atoms with Crippen molar-refractivity contribution in [1.29, 1.82) is 0 Å². The molecule has 33 heavy (non-hydrogen) atoms. The van der Waals surface area contributed by atoms with Gasteiger partial charge in [-0.05, 0) is 30.7 Å². The van der Waals surface area contributed by atoms with Crippen LogP contribution in [0.1, 0.15) is 18.2 Å². The number of nitrogens with zero attached hydrogens (tertiary/aromatic N) is 5. The topological polar surface area (TPSA) is 123 Å². The van der Waals surface area contributed by atoms with Gasteiger partial charge in [0.15, 0.2) is 16.9 Å². The first-order chi connectivity index (χ1) is 15.8. The Kier molecular flexibility index (Phi) is 4.88. The Balaban J connectivity index is 1.28. The molecule has 4 heterocycles. The van der Waals surface area contributed by atoms with Gasteiger partial charge in [0.2, 0.25) is 0 Å². The third-order valence-electron chi connectivity index (χ3n) is 5.64. The maximum Gasteiger partial charge on any atom is 0.332 e. The molecule has 170 valence electrons. The summed E-state index contributed by atoms with van der Waals surface area (Å²) in [6, 6.07) is 7.52. The summed E-state index contributed by atoms with van der Waals surface area (Å²) in [4.78, 5) is 41.0. The molecular formula is C22H21N5O6. The maximum atomic E-state index is 12.5. The van der Waals surface area contributed by atoms with E-state index in [1.165, 1.54) is 29.6 Å². The highest BCUT2D eigenvalue weighted by atomic mass is 16.5. The Bertz CT molecular complexity index is 1510. The number of esters is 1. The normalized spacial score (nSPS) is 14.9. The number of fused-ring (bicyclic) bond motifs is 2. The average Bonchev–Trinajstić information content (AvgIpc) is 3.52. The standard InChI is InChI=1S/C22H21N5O6/c1-12-6-14-7-13(4-5-16(14)32-12)17-8-15(24-33-17)10-31-18(28)9-27-11-23-20-19(27)21(29)26(3)22(30)25(20)2/h4-5,7-8,11-12H,6,9-10H2,1-3H3. The average molecular weight is 451 g/mol. The number of carbonyl (C=O) groups is 1. The van der Waals surface area contributed by atoms with Crippen molar-refractivity contribution in [3.8, 4) is 17.1 Å². The summed E-state index contributed by atoms with van der Waals surface area (Å²) < 4.78 is 20.0. The lowest BCUT2D eigenvalue weighted by Crippen LogP contribution is -2.37. The molecule has 0 N–H and O–H groups in total. The number of aryl methyl sites for hydroxylation is 1. The molecule has 1 aliphatic heterocycles. The maximum absolute atomic E-state index is 12.5. The molecule has 0 bridgehead atoms. The van der Waals surface area contributed by atoms with Gasteiger partial charge >= 0.3 is 11.7 Å². The molecule has 5 rings (SSSR count). The largest absolute Gasteiger partial charge is 0.490 e. The van der Waals surface area contributed by atoms with Gasteiger partial charge in [-0.3, -0.25) is 18.7 Å². The van der Waals surface area contributed by atoms with E-state index in [1.807, 2.05) is 25.1 Å². The van der Waals surface area contributed by atoms with E-state index in [1.54, 1.807) is 6.07 Å². The smallest absolute Gasteiger partial charge is 0.332 e. The number of hydrogen-bond acceptors (Lipinski definition) is 8. The summed E-state index contributed by atoms with van der Waals surface area (Å²) in [7, 11) is 2.88. The van der Waals surface area contributed by atoms with Crippen LogP contribution in [-0.4, -0.2) is 35.9 Å². The molecule has 1 unspecified atom stereocenters. The third kappa shape index (κ3) is 3.60. The molecule has 0 saturated carbocycles. The number of benzene rings is 1. The summed E-state index contributed by atoms with van der Waals surface area (Å²) in [6.07, 6.45) is 2.32. The molecule has 1 atom stereocenters. The second-order valence-electron chi connectivity index (χ2n) is 8.05. The Hall–Kier alpha value is -4.15. The summed E-state index contributed by atoms with van der Waals surface area (Å²) in [5.41, 5.74) is 1.75. The van der Waals surface area contributed by atoms with Crippen LogP contribution in [-0.2, 0) is 43.2 Å². The number of carbonyl (C=O) groups excluding carboxylic acids is 1. The zero-order valence-corrected chi connectivity index (χ0v) is 18.3. The Morgan fingerprint density at radius 1 is 1.21 bits per heavy atom. The first-order valence-corrected chi connectivity index (χ1v) is 10.3. The molecule has 0 saturated heterocycles. The van der Waals surface area contributed by atoms with Crippen molar-refractivity contribution in [1.82, 2.24) is 23.8 Å². The molecule has 4 aromatic rings. The summed E-state index contributed by atoms with van der Waals surface area (Å²) in [6.45, 7) is 1.69. The van der Waals surface area contributed by atoms with Crippen molar-refractivity contribution < 1.29 is 18.8 Å². The molecule has 0 radical (unpaired) electrons. The van der Waals surface area contributed by atoms with Crippen molar-refractivity contribution in [2.75, 3.05) is 0 Å². The minimum Gasteiger partial charge on any atom is -0.490 e. The predicted octanol–water partition coefficient (Wildman–Crippen LogP) is 1.16. The van der Waals surface area contributed by atoms with Gasteiger partial charge in [-0.25, -0.2) is 9.78 Å². The van der Waals surface area contributed by atoms with Gasteiger partial charge in [0, 0.05) is 32.1 Å². The van der Waals surface area contributed by atoms with Crippen molar-refractivity contribution in [3.63, 3.8) is 0 Å². The molecule has 1 aromatic carbocycles. The van der Waals surface area contributed by atoms with E-state index in [2.05, 4.69) is 10.1 Å². The molecule has 0 amide bonds. The van der Waals surface area contributed by atoms with Crippen molar-refractivity contribution in [2.45, 2.75) is 32.6 Å². The van der Waals surface area contributed by atoms with Crippen LogP contribution in [0, 0.1) is 0 Å². The van der Waals surface area contributed by atoms with Crippen LogP contribution in [0.3, 0.4) is 0 Å². The van der Waals surface area contributed by atoms with E-state index in [0.717, 1.165) is 27.9 Å².